The van der Waals surface area contributed by atoms with Gasteiger partial charge in [0.1, 0.15) is 18.1 Å². The molecule has 15 heteroatoms. The van der Waals surface area contributed by atoms with Gasteiger partial charge in [0.2, 0.25) is 21.9 Å². The number of aromatic nitrogens is 3. The quantitative estimate of drug-likeness (QED) is 0.314. The second kappa shape index (κ2) is 13.4. The van der Waals surface area contributed by atoms with Gasteiger partial charge in [0.15, 0.2) is 0 Å². The van der Waals surface area contributed by atoms with Gasteiger partial charge in [0.05, 0.1) is 43.4 Å². The smallest absolute Gasteiger partial charge is 0.329 e. The number of halogens is 1. The Morgan fingerprint density at radius 1 is 1.16 bits per heavy atom. The molecule has 244 valence electrons. The third-order valence-electron chi connectivity index (χ3n) is 8.27. The molecule has 2 aromatic heterocycles. The molecule has 1 aromatic carbocycles. The number of rotatable bonds is 11. The van der Waals surface area contributed by atoms with E-state index in [0.717, 1.165) is 32.2 Å². The average Bonchev–Trinajstić information content (AvgIpc) is 2.99. The maximum absolute atomic E-state index is 15.3. The fourth-order valence-corrected chi connectivity index (χ4v) is 6.45. The SMILES string of the molecule is COc1ncc(-c2nc(N3CCOCC3)nc3c(CN4CCC(C(C)(C)OCC(=O)O)CC4)cc(F)cc23)cc1NS(C)(=O)=O. The molecule has 2 aliphatic heterocycles. The first-order valence-corrected chi connectivity index (χ1v) is 16.7. The number of sulfonamides is 1. The Labute approximate surface area is 261 Å². The van der Waals surface area contributed by atoms with Gasteiger partial charge in [-0.2, -0.15) is 0 Å². The summed E-state index contributed by atoms with van der Waals surface area (Å²) in [5.41, 5.74) is 1.70. The van der Waals surface area contributed by atoms with E-state index in [1.807, 2.05) is 18.7 Å². The lowest BCUT2D eigenvalue weighted by Gasteiger charge is -2.40. The summed E-state index contributed by atoms with van der Waals surface area (Å²) in [4.78, 5) is 29.4. The second-order valence-corrected chi connectivity index (χ2v) is 13.7. The Morgan fingerprint density at radius 2 is 1.87 bits per heavy atom. The van der Waals surface area contributed by atoms with Crippen molar-refractivity contribution >= 4 is 38.5 Å². The van der Waals surface area contributed by atoms with Crippen LogP contribution in [0.4, 0.5) is 16.0 Å². The summed E-state index contributed by atoms with van der Waals surface area (Å²) < 4.78 is 58.4. The summed E-state index contributed by atoms with van der Waals surface area (Å²) in [5.74, 6) is -0.725. The van der Waals surface area contributed by atoms with E-state index in [1.165, 1.54) is 25.4 Å². The number of carboxylic acid groups (broad SMARTS) is 1. The second-order valence-electron chi connectivity index (χ2n) is 11.9. The molecule has 45 heavy (non-hydrogen) atoms. The van der Waals surface area contributed by atoms with Crippen molar-refractivity contribution in [2.45, 2.75) is 38.8 Å². The number of hydrogen-bond donors (Lipinski definition) is 2. The lowest BCUT2D eigenvalue weighted by molar-refractivity contribution is -0.152. The number of hydrogen-bond acceptors (Lipinski definition) is 11. The van der Waals surface area contributed by atoms with Crippen LogP contribution in [0.1, 0.15) is 32.3 Å². The standard InChI is InChI=1S/C30H39FN6O7S/c1-30(2,44-18-25(38)39)21-5-7-36(8-6-21)17-20-13-22(31)15-23-26(33-29(34-27(20)23)37-9-11-43-12-10-37)19-14-24(35-45(4,40)41)28(42-3)32-16-19/h13-16,21,35H,5-12,17-18H2,1-4H3,(H,38,39). The van der Waals surface area contributed by atoms with E-state index in [2.05, 4.69) is 14.6 Å². The molecule has 3 aromatic rings. The maximum Gasteiger partial charge on any atom is 0.329 e. The van der Waals surface area contributed by atoms with Crippen molar-refractivity contribution in [3.05, 3.63) is 35.8 Å². The van der Waals surface area contributed by atoms with E-state index in [4.69, 9.17) is 29.3 Å². The number of morpholine rings is 1. The minimum Gasteiger partial charge on any atom is -0.480 e. The number of aliphatic carboxylic acids is 1. The van der Waals surface area contributed by atoms with Gasteiger partial charge in [-0.15, -0.1) is 0 Å². The van der Waals surface area contributed by atoms with Crippen LogP contribution in [-0.4, -0.2) is 104 Å². The highest BCUT2D eigenvalue weighted by atomic mass is 32.2. The number of ether oxygens (including phenoxy) is 3. The van der Waals surface area contributed by atoms with Crippen molar-refractivity contribution in [1.29, 1.82) is 0 Å². The van der Waals surface area contributed by atoms with Crippen molar-refractivity contribution in [2.75, 3.05) is 69.0 Å². The Balaban J connectivity index is 1.52. The van der Waals surface area contributed by atoms with Gasteiger partial charge in [-0.05, 0) is 69.5 Å². The molecule has 0 amide bonds. The van der Waals surface area contributed by atoms with E-state index >= 15 is 4.39 Å². The van der Waals surface area contributed by atoms with Crippen molar-refractivity contribution in [3.63, 3.8) is 0 Å². The van der Waals surface area contributed by atoms with Crippen LogP contribution in [0.5, 0.6) is 5.88 Å². The summed E-state index contributed by atoms with van der Waals surface area (Å²) in [6.07, 6.45) is 4.14. The molecule has 5 rings (SSSR count). The van der Waals surface area contributed by atoms with Crippen LogP contribution in [-0.2, 0) is 30.8 Å². The fraction of sp³-hybridized carbons (Fsp3) is 0.533. The maximum atomic E-state index is 15.3. The minimum atomic E-state index is -3.65. The van der Waals surface area contributed by atoms with Gasteiger partial charge in [0.25, 0.3) is 0 Å². The number of nitrogens with zero attached hydrogens (tertiary/aromatic N) is 5. The highest BCUT2D eigenvalue weighted by molar-refractivity contribution is 7.92. The van der Waals surface area contributed by atoms with E-state index in [0.29, 0.717) is 66.5 Å². The van der Waals surface area contributed by atoms with E-state index < -0.39 is 27.4 Å². The summed E-state index contributed by atoms with van der Waals surface area (Å²) in [6.45, 7) is 7.58. The molecule has 0 aliphatic carbocycles. The van der Waals surface area contributed by atoms with Crippen molar-refractivity contribution in [2.24, 2.45) is 5.92 Å². The van der Waals surface area contributed by atoms with Crippen LogP contribution in [0.2, 0.25) is 0 Å². The molecule has 0 radical (unpaired) electrons. The van der Waals surface area contributed by atoms with Gasteiger partial charge in [-0.3, -0.25) is 9.62 Å². The van der Waals surface area contributed by atoms with Crippen LogP contribution in [0.15, 0.2) is 24.4 Å². The minimum absolute atomic E-state index is 0.0859. The fourth-order valence-electron chi connectivity index (χ4n) is 5.91. The Hall–Kier alpha value is -3.66. The third-order valence-corrected chi connectivity index (χ3v) is 8.86. The predicted molar refractivity (Wildman–Crippen MR) is 166 cm³/mol. The molecule has 0 unspecified atom stereocenters. The highest BCUT2D eigenvalue weighted by Gasteiger charge is 2.34. The zero-order valence-corrected chi connectivity index (χ0v) is 26.7. The molecular formula is C30H39FN6O7S. The first kappa shape index (κ1) is 32.7. The lowest BCUT2D eigenvalue weighted by Crippen LogP contribution is -2.43. The molecule has 0 saturated carbocycles. The summed E-state index contributed by atoms with van der Waals surface area (Å²) in [5, 5.41) is 9.52. The molecule has 2 N–H and O–H groups in total. The molecule has 4 heterocycles. The summed E-state index contributed by atoms with van der Waals surface area (Å²) in [7, 11) is -2.26. The number of carboxylic acids is 1. The normalized spacial score (nSPS) is 17.0. The van der Waals surface area contributed by atoms with Gasteiger partial charge < -0.3 is 24.2 Å². The number of methoxy groups -OCH3 is 1. The molecule has 0 spiro atoms. The highest BCUT2D eigenvalue weighted by Crippen LogP contribution is 2.36. The molecular weight excluding hydrogens is 607 g/mol. The van der Waals surface area contributed by atoms with Crippen LogP contribution in [0.25, 0.3) is 22.2 Å². The molecule has 13 nitrogen and oxygen atoms in total. The first-order valence-electron chi connectivity index (χ1n) is 14.8. The van der Waals surface area contributed by atoms with Crippen molar-refractivity contribution < 1.29 is 36.9 Å². The predicted octanol–water partition coefficient (Wildman–Crippen LogP) is 3.14. The van der Waals surface area contributed by atoms with E-state index in [1.54, 1.807) is 6.07 Å². The number of benzene rings is 1. The van der Waals surface area contributed by atoms with Crippen LogP contribution < -0.4 is 14.4 Å². The van der Waals surface area contributed by atoms with Gasteiger partial charge >= 0.3 is 5.97 Å². The van der Waals surface area contributed by atoms with Gasteiger partial charge in [-0.25, -0.2) is 32.6 Å². The first-order chi connectivity index (χ1) is 21.3. The van der Waals surface area contributed by atoms with Crippen LogP contribution in [0.3, 0.4) is 0 Å². The zero-order valence-electron chi connectivity index (χ0n) is 25.9. The van der Waals surface area contributed by atoms with E-state index in [9.17, 15) is 13.2 Å². The number of anilines is 2. The largest absolute Gasteiger partial charge is 0.480 e. The summed E-state index contributed by atoms with van der Waals surface area (Å²) in [6, 6.07) is 4.46. The summed E-state index contributed by atoms with van der Waals surface area (Å²) >= 11 is 0. The number of piperidine rings is 1. The lowest BCUT2D eigenvalue weighted by atomic mass is 9.82. The Morgan fingerprint density at radius 3 is 2.51 bits per heavy atom. The molecule has 2 fully saturated rings. The number of pyridine rings is 1. The van der Waals surface area contributed by atoms with Crippen molar-refractivity contribution in [1.82, 2.24) is 19.9 Å². The van der Waals surface area contributed by atoms with Gasteiger partial charge in [0, 0.05) is 36.8 Å². The Kier molecular flexibility index (Phi) is 9.72. The number of fused-ring (bicyclic) bond motifs is 1. The van der Waals surface area contributed by atoms with E-state index in [-0.39, 0.29) is 24.1 Å². The topological polar surface area (TPSA) is 156 Å². The van der Waals surface area contributed by atoms with Crippen molar-refractivity contribution in [3.8, 4) is 17.1 Å². The molecule has 0 atom stereocenters. The third kappa shape index (κ3) is 7.95. The average molecular weight is 647 g/mol. The van der Waals surface area contributed by atoms with Crippen LogP contribution >= 0.6 is 0 Å². The molecule has 2 saturated heterocycles. The monoisotopic (exact) mass is 646 g/mol. The molecule has 0 bridgehead atoms. The number of likely N-dealkylation sites (tertiary alicyclic amines) is 1. The van der Waals surface area contributed by atoms with Crippen LogP contribution in [0, 0.1) is 11.7 Å². The number of carbonyl (C=O) groups is 1. The molecule has 2 aliphatic rings. The zero-order chi connectivity index (χ0) is 32.4. The van der Waals surface area contributed by atoms with Gasteiger partial charge in [-0.1, -0.05) is 0 Å². The number of nitrogens with one attached hydrogen (secondary N) is 1. The Bertz CT molecular complexity index is 1660.